The summed E-state index contributed by atoms with van der Waals surface area (Å²) in [7, 11) is 0. The Morgan fingerprint density at radius 2 is 2.13 bits per heavy atom. The fraction of sp³-hybridized carbons (Fsp3) is 0.391. The van der Waals surface area contributed by atoms with Crippen LogP contribution in [0.15, 0.2) is 53.8 Å². The number of carboxylic acid groups (broad SMARTS) is 1. The third-order valence-electron chi connectivity index (χ3n) is 6.49. The van der Waals surface area contributed by atoms with E-state index in [-0.39, 0.29) is 23.8 Å². The quantitative estimate of drug-likeness (QED) is 0.369. The molecule has 2 aromatic rings. The maximum atomic E-state index is 13.4. The molecule has 5 atom stereocenters. The molecule has 2 saturated carbocycles. The summed E-state index contributed by atoms with van der Waals surface area (Å²) in [5.41, 5.74) is 11.4. The Morgan fingerprint density at radius 3 is 2.84 bits per heavy atom. The molecule has 2 aliphatic rings. The van der Waals surface area contributed by atoms with Crippen LogP contribution in [0.3, 0.4) is 0 Å². The summed E-state index contributed by atoms with van der Waals surface area (Å²) < 4.78 is 13.4. The molecule has 31 heavy (non-hydrogen) atoms. The molecule has 0 aliphatic heterocycles. The fourth-order valence-electron chi connectivity index (χ4n) is 5.14. The number of benzene rings is 1. The highest BCUT2D eigenvalue weighted by Crippen LogP contribution is 2.48. The van der Waals surface area contributed by atoms with Gasteiger partial charge in [-0.3, -0.25) is 4.98 Å². The van der Waals surface area contributed by atoms with Gasteiger partial charge >= 0.3 is 6.09 Å². The standard InChI is InChI=1S/C23H24FN5O2/c24-17-3-1-2-14(10-17)15-4-5-18(26-13-15)6-9-21-20-8-7-19(27-23(30)31)11-16(20)12-22(21)28-29-25/h1-6,9-10,13,16,19-22,27H,7-8,11-12H2,(H,30,31)/t16-,19?,20-,21+,22+/m1/s1. The third kappa shape index (κ3) is 4.86. The van der Waals surface area contributed by atoms with Crippen molar-refractivity contribution in [2.24, 2.45) is 22.9 Å². The molecule has 2 fully saturated rings. The monoisotopic (exact) mass is 421 g/mol. The smallest absolute Gasteiger partial charge is 0.404 e. The first-order valence-electron chi connectivity index (χ1n) is 10.5. The second kappa shape index (κ2) is 9.18. The number of nitrogens with one attached hydrogen (secondary N) is 1. The molecule has 1 unspecified atom stereocenters. The van der Waals surface area contributed by atoms with Crippen molar-refractivity contribution in [3.63, 3.8) is 0 Å². The number of rotatable bonds is 5. The first-order valence-corrected chi connectivity index (χ1v) is 10.5. The topological polar surface area (TPSA) is 111 Å². The summed E-state index contributed by atoms with van der Waals surface area (Å²) in [6.45, 7) is 0. The van der Waals surface area contributed by atoms with E-state index in [1.807, 2.05) is 24.3 Å². The van der Waals surface area contributed by atoms with Crippen molar-refractivity contribution >= 4 is 12.2 Å². The second-order valence-corrected chi connectivity index (χ2v) is 8.31. The average molecular weight is 421 g/mol. The van der Waals surface area contributed by atoms with E-state index in [4.69, 9.17) is 10.6 Å². The molecule has 2 aliphatic carbocycles. The van der Waals surface area contributed by atoms with Crippen molar-refractivity contribution in [3.8, 4) is 11.1 Å². The van der Waals surface area contributed by atoms with Gasteiger partial charge < -0.3 is 10.4 Å². The number of fused-ring (bicyclic) bond motifs is 1. The van der Waals surface area contributed by atoms with Gasteiger partial charge in [0.25, 0.3) is 0 Å². The van der Waals surface area contributed by atoms with Gasteiger partial charge in [0, 0.05) is 28.8 Å². The minimum atomic E-state index is -0.989. The summed E-state index contributed by atoms with van der Waals surface area (Å²) in [6, 6.07) is 10.0. The second-order valence-electron chi connectivity index (χ2n) is 8.31. The van der Waals surface area contributed by atoms with E-state index in [1.54, 1.807) is 12.3 Å². The van der Waals surface area contributed by atoms with Crippen molar-refractivity contribution in [2.45, 2.75) is 37.8 Å². The zero-order valence-corrected chi connectivity index (χ0v) is 16.9. The van der Waals surface area contributed by atoms with Crippen LogP contribution in [0.2, 0.25) is 0 Å². The Hall–Kier alpha value is -3.38. The van der Waals surface area contributed by atoms with Crippen molar-refractivity contribution in [2.75, 3.05) is 0 Å². The van der Waals surface area contributed by atoms with Gasteiger partial charge in [0.15, 0.2) is 0 Å². The van der Waals surface area contributed by atoms with Gasteiger partial charge in [-0.05, 0) is 78.8 Å². The van der Waals surface area contributed by atoms with Crippen LogP contribution in [-0.2, 0) is 0 Å². The minimum Gasteiger partial charge on any atom is -0.465 e. The number of pyridine rings is 1. The lowest BCUT2D eigenvalue weighted by Gasteiger charge is -2.33. The molecule has 1 aromatic carbocycles. The van der Waals surface area contributed by atoms with E-state index < -0.39 is 6.09 Å². The number of hydrogen-bond donors (Lipinski definition) is 2. The summed E-state index contributed by atoms with van der Waals surface area (Å²) in [5.74, 6) is 0.523. The highest BCUT2D eigenvalue weighted by molar-refractivity contribution is 5.65. The molecule has 1 aromatic heterocycles. The van der Waals surface area contributed by atoms with E-state index in [1.165, 1.54) is 12.1 Å². The fourth-order valence-corrected chi connectivity index (χ4v) is 5.14. The SMILES string of the molecule is [N-]=[N+]=N[C@H]1C[C@H]2CC(NC(=O)O)CC[C@H]2[C@@H]1C=Cc1ccc(-c2cccc(F)c2)cn1. The Kier molecular flexibility index (Phi) is 6.18. The molecule has 0 spiro atoms. The molecule has 4 rings (SSSR count). The van der Waals surface area contributed by atoms with Gasteiger partial charge in [-0.1, -0.05) is 29.4 Å². The maximum Gasteiger partial charge on any atom is 0.404 e. The number of amides is 1. The molecule has 1 amide bonds. The molecule has 2 N–H and O–H groups in total. The normalized spacial score (nSPS) is 27.5. The van der Waals surface area contributed by atoms with Crippen LogP contribution in [0.1, 0.15) is 31.4 Å². The van der Waals surface area contributed by atoms with E-state index in [0.717, 1.165) is 42.5 Å². The Morgan fingerprint density at radius 1 is 1.26 bits per heavy atom. The molecule has 7 nitrogen and oxygen atoms in total. The predicted octanol–water partition coefficient (Wildman–Crippen LogP) is 5.65. The summed E-state index contributed by atoms with van der Waals surface area (Å²) >= 11 is 0. The minimum absolute atomic E-state index is 0.0368. The van der Waals surface area contributed by atoms with Crippen LogP contribution >= 0.6 is 0 Å². The first-order chi connectivity index (χ1) is 15.0. The Balaban J connectivity index is 1.48. The van der Waals surface area contributed by atoms with E-state index in [2.05, 4.69) is 26.4 Å². The molecule has 1 heterocycles. The summed E-state index contributed by atoms with van der Waals surface area (Å²) in [5, 5.41) is 15.6. The number of halogens is 1. The molecule has 8 heteroatoms. The lowest BCUT2D eigenvalue weighted by atomic mass is 9.75. The van der Waals surface area contributed by atoms with Crippen LogP contribution < -0.4 is 5.32 Å². The highest BCUT2D eigenvalue weighted by Gasteiger charge is 2.44. The molecular weight excluding hydrogens is 397 g/mol. The zero-order chi connectivity index (χ0) is 21.8. The van der Waals surface area contributed by atoms with Crippen LogP contribution in [0, 0.1) is 23.6 Å². The summed E-state index contributed by atoms with van der Waals surface area (Å²) in [6.07, 6.45) is 8.00. The van der Waals surface area contributed by atoms with Gasteiger partial charge in [0.05, 0.1) is 5.69 Å². The van der Waals surface area contributed by atoms with Gasteiger partial charge in [0.2, 0.25) is 0 Å². The van der Waals surface area contributed by atoms with E-state index in [0.29, 0.717) is 11.8 Å². The molecule has 160 valence electrons. The van der Waals surface area contributed by atoms with Gasteiger partial charge in [-0.2, -0.15) is 0 Å². The Bertz CT molecular complexity index is 1020. The number of hydrogen-bond acceptors (Lipinski definition) is 3. The average Bonchev–Trinajstić information content (AvgIpc) is 3.09. The maximum absolute atomic E-state index is 13.4. The predicted molar refractivity (Wildman–Crippen MR) is 115 cm³/mol. The molecule has 0 bridgehead atoms. The molecule has 0 radical (unpaired) electrons. The lowest BCUT2D eigenvalue weighted by molar-refractivity contribution is 0.169. The van der Waals surface area contributed by atoms with Crippen molar-refractivity contribution in [1.82, 2.24) is 10.3 Å². The van der Waals surface area contributed by atoms with E-state index in [9.17, 15) is 9.18 Å². The number of carbonyl (C=O) groups is 1. The summed E-state index contributed by atoms with van der Waals surface area (Å²) in [4.78, 5) is 18.5. The number of nitrogens with zero attached hydrogens (tertiary/aromatic N) is 4. The van der Waals surface area contributed by atoms with Crippen LogP contribution in [0.25, 0.3) is 27.6 Å². The van der Waals surface area contributed by atoms with Crippen molar-refractivity contribution in [3.05, 3.63) is 70.6 Å². The first kappa shape index (κ1) is 20.9. The lowest BCUT2D eigenvalue weighted by Crippen LogP contribution is -2.39. The van der Waals surface area contributed by atoms with E-state index >= 15 is 0 Å². The third-order valence-corrected chi connectivity index (χ3v) is 6.49. The Labute approximate surface area is 179 Å². The van der Waals surface area contributed by atoms with Crippen LogP contribution in [0.4, 0.5) is 9.18 Å². The van der Waals surface area contributed by atoms with Crippen LogP contribution in [0.5, 0.6) is 0 Å². The zero-order valence-electron chi connectivity index (χ0n) is 16.9. The van der Waals surface area contributed by atoms with Gasteiger partial charge in [-0.15, -0.1) is 0 Å². The highest BCUT2D eigenvalue weighted by atomic mass is 19.1. The van der Waals surface area contributed by atoms with Crippen molar-refractivity contribution in [1.29, 1.82) is 0 Å². The number of azide groups is 1. The van der Waals surface area contributed by atoms with Gasteiger partial charge in [0.1, 0.15) is 5.82 Å². The van der Waals surface area contributed by atoms with Crippen molar-refractivity contribution < 1.29 is 14.3 Å². The molecule has 0 saturated heterocycles. The largest absolute Gasteiger partial charge is 0.465 e. The molecular formula is C23H24FN5O2. The number of aromatic nitrogens is 1. The van der Waals surface area contributed by atoms with Gasteiger partial charge in [-0.25, -0.2) is 9.18 Å². The van der Waals surface area contributed by atoms with Crippen LogP contribution in [-0.4, -0.2) is 28.3 Å².